The summed E-state index contributed by atoms with van der Waals surface area (Å²) >= 11 is 0. The monoisotopic (exact) mass is 175 g/mol. The lowest BCUT2D eigenvalue weighted by atomic mass is 10.3. The van der Waals surface area contributed by atoms with Gasteiger partial charge in [0.1, 0.15) is 5.82 Å². The Labute approximate surface area is 75.6 Å². The molecular weight excluding hydrogens is 167 g/mol. The maximum absolute atomic E-state index is 12.6. The normalized spacial score (nSPS) is 10.3. The van der Waals surface area contributed by atoms with Gasteiger partial charge in [0.15, 0.2) is 0 Å². The average Bonchev–Trinajstić information content (AvgIpc) is 2.53. The Balaban J connectivity index is 2.41. The van der Waals surface area contributed by atoms with Gasteiger partial charge in [0, 0.05) is 12.3 Å². The topological polar surface area (TPSA) is 17.8 Å². The van der Waals surface area contributed by atoms with Gasteiger partial charge in [-0.15, -0.1) is 0 Å². The van der Waals surface area contributed by atoms with E-state index in [1.54, 1.807) is 23.0 Å². The van der Waals surface area contributed by atoms with Gasteiger partial charge in [-0.1, -0.05) is 0 Å². The minimum atomic E-state index is -0.239. The summed E-state index contributed by atoms with van der Waals surface area (Å²) < 4.78 is 14.2. The first kappa shape index (κ1) is 7.98. The SMILES string of the molecule is Cc1[c]cn(-c2ccc(F)cc2)n1. The summed E-state index contributed by atoms with van der Waals surface area (Å²) in [7, 11) is 0. The van der Waals surface area contributed by atoms with Gasteiger partial charge in [-0.05, 0) is 31.2 Å². The zero-order valence-corrected chi connectivity index (χ0v) is 7.16. The van der Waals surface area contributed by atoms with E-state index in [2.05, 4.69) is 11.2 Å². The largest absolute Gasteiger partial charge is 0.240 e. The fourth-order valence-corrected chi connectivity index (χ4v) is 1.10. The Morgan fingerprint density at radius 1 is 1.31 bits per heavy atom. The van der Waals surface area contributed by atoms with E-state index in [1.807, 2.05) is 6.92 Å². The van der Waals surface area contributed by atoms with Crippen LogP contribution in [0.2, 0.25) is 0 Å². The van der Waals surface area contributed by atoms with Gasteiger partial charge in [0.05, 0.1) is 11.4 Å². The lowest BCUT2D eigenvalue weighted by Gasteiger charge is -1.99. The van der Waals surface area contributed by atoms with Crippen molar-refractivity contribution < 1.29 is 4.39 Å². The van der Waals surface area contributed by atoms with E-state index >= 15 is 0 Å². The molecule has 0 bridgehead atoms. The van der Waals surface area contributed by atoms with Crippen molar-refractivity contribution in [3.05, 3.63) is 48.0 Å². The number of rotatable bonds is 1. The summed E-state index contributed by atoms with van der Waals surface area (Å²) in [6.07, 6.45) is 1.72. The first-order valence-electron chi connectivity index (χ1n) is 3.95. The second-order valence-corrected chi connectivity index (χ2v) is 2.78. The smallest absolute Gasteiger partial charge is 0.123 e. The van der Waals surface area contributed by atoms with Crippen molar-refractivity contribution >= 4 is 0 Å². The third-order valence-corrected chi connectivity index (χ3v) is 1.74. The third-order valence-electron chi connectivity index (χ3n) is 1.74. The summed E-state index contributed by atoms with van der Waals surface area (Å²) in [5, 5.41) is 4.15. The van der Waals surface area contributed by atoms with E-state index in [0.29, 0.717) is 0 Å². The Morgan fingerprint density at radius 3 is 2.54 bits per heavy atom. The summed E-state index contributed by atoms with van der Waals surface area (Å²) in [5.74, 6) is -0.239. The number of aromatic nitrogens is 2. The molecule has 0 saturated heterocycles. The Hall–Kier alpha value is -1.64. The molecule has 1 heterocycles. The maximum atomic E-state index is 12.6. The fourth-order valence-electron chi connectivity index (χ4n) is 1.10. The molecule has 0 amide bonds. The van der Waals surface area contributed by atoms with Crippen LogP contribution in [0, 0.1) is 18.8 Å². The number of halogens is 1. The van der Waals surface area contributed by atoms with Gasteiger partial charge in [0.25, 0.3) is 0 Å². The van der Waals surface area contributed by atoms with Crippen LogP contribution in [0.5, 0.6) is 0 Å². The summed E-state index contributed by atoms with van der Waals surface area (Å²) in [5.41, 5.74) is 1.66. The van der Waals surface area contributed by atoms with E-state index in [4.69, 9.17) is 0 Å². The lowest BCUT2D eigenvalue weighted by molar-refractivity contribution is 0.627. The number of benzene rings is 1. The van der Waals surface area contributed by atoms with Crippen LogP contribution in [0.4, 0.5) is 4.39 Å². The molecular formula is C10H8FN2. The third kappa shape index (κ3) is 1.59. The van der Waals surface area contributed by atoms with Crippen LogP contribution in [0.3, 0.4) is 0 Å². The first-order valence-corrected chi connectivity index (χ1v) is 3.95. The minimum Gasteiger partial charge on any atom is -0.240 e. The van der Waals surface area contributed by atoms with E-state index in [0.717, 1.165) is 11.4 Å². The molecule has 2 aromatic rings. The number of aryl methyl sites for hydroxylation is 1. The van der Waals surface area contributed by atoms with E-state index in [1.165, 1.54) is 12.1 Å². The maximum Gasteiger partial charge on any atom is 0.123 e. The van der Waals surface area contributed by atoms with Gasteiger partial charge in [-0.25, -0.2) is 9.07 Å². The summed E-state index contributed by atoms with van der Waals surface area (Å²) in [4.78, 5) is 0. The molecule has 1 aromatic heterocycles. The number of hydrogen-bond acceptors (Lipinski definition) is 1. The molecule has 2 rings (SSSR count). The van der Waals surface area contributed by atoms with Crippen LogP contribution in [-0.4, -0.2) is 9.78 Å². The quantitative estimate of drug-likeness (QED) is 0.649. The van der Waals surface area contributed by atoms with E-state index in [9.17, 15) is 4.39 Å². The second-order valence-electron chi connectivity index (χ2n) is 2.78. The van der Waals surface area contributed by atoms with Crippen LogP contribution in [0.1, 0.15) is 5.69 Å². The molecule has 0 saturated carbocycles. The Morgan fingerprint density at radius 2 is 2.00 bits per heavy atom. The summed E-state index contributed by atoms with van der Waals surface area (Å²) in [6, 6.07) is 9.11. The standard InChI is InChI=1S/C10H8FN2/c1-8-6-7-13(12-8)10-4-2-9(11)3-5-10/h2-5,7H,1H3. The number of hydrogen-bond donors (Lipinski definition) is 0. The fraction of sp³-hybridized carbons (Fsp3) is 0.100. The van der Waals surface area contributed by atoms with Gasteiger partial charge in [-0.3, -0.25) is 0 Å². The molecule has 13 heavy (non-hydrogen) atoms. The number of nitrogens with zero attached hydrogens (tertiary/aromatic N) is 2. The highest BCUT2D eigenvalue weighted by Crippen LogP contribution is 2.07. The van der Waals surface area contributed by atoms with Crippen molar-refractivity contribution in [2.45, 2.75) is 6.92 Å². The molecule has 0 aliphatic heterocycles. The molecule has 0 atom stereocenters. The van der Waals surface area contributed by atoms with E-state index in [-0.39, 0.29) is 5.82 Å². The van der Waals surface area contributed by atoms with Crippen molar-refractivity contribution in [3.63, 3.8) is 0 Å². The zero-order valence-electron chi connectivity index (χ0n) is 7.16. The summed E-state index contributed by atoms with van der Waals surface area (Å²) in [6.45, 7) is 1.86. The molecule has 3 heteroatoms. The van der Waals surface area contributed by atoms with Gasteiger partial charge in [0.2, 0.25) is 0 Å². The van der Waals surface area contributed by atoms with Crippen LogP contribution in [0.25, 0.3) is 5.69 Å². The lowest BCUT2D eigenvalue weighted by Crippen LogP contribution is -1.94. The predicted molar refractivity (Wildman–Crippen MR) is 47.1 cm³/mol. The van der Waals surface area contributed by atoms with Crippen molar-refractivity contribution in [1.29, 1.82) is 0 Å². The highest BCUT2D eigenvalue weighted by molar-refractivity contribution is 5.30. The second kappa shape index (κ2) is 3.01. The molecule has 0 aliphatic carbocycles. The van der Waals surface area contributed by atoms with Crippen molar-refractivity contribution in [3.8, 4) is 5.69 Å². The molecule has 0 unspecified atom stereocenters. The Bertz CT molecular complexity index is 403. The Kier molecular flexibility index (Phi) is 1.85. The predicted octanol–water partition coefficient (Wildman–Crippen LogP) is 2.12. The molecule has 0 N–H and O–H groups in total. The van der Waals surface area contributed by atoms with E-state index < -0.39 is 0 Å². The molecule has 0 aliphatic rings. The highest BCUT2D eigenvalue weighted by atomic mass is 19.1. The van der Waals surface area contributed by atoms with Crippen LogP contribution in [0.15, 0.2) is 30.5 Å². The molecule has 65 valence electrons. The molecule has 1 radical (unpaired) electrons. The van der Waals surface area contributed by atoms with Crippen LogP contribution >= 0.6 is 0 Å². The van der Waals surface area contributed by atoms with Crippen molar-refractivity contribution in [2.75, 3.05) is 0 Å². The minimum absolute atomic E-state index is 0.239. The molecule has 1 aromatic carbocycles. The van der Waals surface area contributed by atoms with Crippen LogP contribution < -0.4 is 0 Å². The average molecular weight is 175 g/mol. The highest BCUT2D eigenvalue weighted by Gasteiger charge is 1.97. The molecule has 0 spiro atoms. The van der Waals surface area contributed by atoms with Crippen molar-refractivity contribution in [1.82, 2.24) is 9.78 Å². The van der Waals surface area contributed by atoms with Crippen molar-refractivity contribution in [2.24, 2.45) is 0 Å². The molecule has 0 fully saturated rings. The molecule has 2 nitrogen and oxygen atoms in total. The van der Waals surface area contributed by atoms with Gasteiger partial charge in [-0.2, -0.15) is 5.10 Å². The zero-order chi connectivity index (χ0) is 9.26. The van der Waals surface area contributed by atoms with Gasteiger partial charge < -0.3 is 0 Å². The van der Waals surface area contributed by atoms with Gasteiger partial charge >= 0.3 is 0 Å². The van der Waals surface area contributed by atoms with Crippen LogP contribution in [-0.2, 0) is 0 Å². The first-order chi connectivity index (χ1) is 6.25.